The number of benzene rings is 2. The lowest BCUT2D eigenvalue weighted by Crippen LogP contribution is -2.42. The summed E-state index contributed by atoms with van der Waals surface area (Å²) in [5.41, 5.74) is 1.29. The molecular formula is C24H28F2N4O4Si. The Bertz CT molecular complexity index is 1190. The van der Waals surface area contributed by atoms with E-state index in [0.717, 1.165) is 17.7 Å². The van der Waals surface area contributed by atoms with Gasteiger partial charge in [0.25, 0.3) is 5.91 Å². The first-order valence-electron chi connectivity index (χ1n) is 10.9. The quantitative estimate of drug-likeness (QED) is 0.435. The molecule has 1 heterocycles. The molecule has 3 rings (SSSR count). The molecule has 0 aliphatic heterocycles. The van der Waals surface area contributed by atoms with Crippen LogP contribution in [0.15, 0.2) is 40.8 Å². The van der Waals surface area contributed by atoms with Gasteiger partial charge in [-0.1, -0.05) is 43.9 Å². The number of halogens is 2. The first kappa shape index (κ1) is 26.2. The van der Waals surface area contributed by atoms with Crippen LogP contribution in [0.3, 0.4) is 0 Å². The molecule has 2 N–H and O–H groups in total. The summed E-state index contributed by atoms with van der Waals surface area (Å²) in [6.07, 6.45) is -0.236. The molecule has 0 saturated carbocycles. The van der Waals surface area contributed by atoms with Crippen molar-refractivity contribution in [1.82, 2.24) is 15.5 Å². The lowest BCUT2D eigenvalue weighted by atomic mass is 10.0. The number of nitrogens with one attached hydrogen (secondary N) is 2. The summed E-state index contributed by atoms with van der Waals surface area (Å²) in [7, 11) is -0.714. The summed E-state index contributed by atoms with van der Waals surface area (Å²) >= 11 is 0. The van der Waals surface area contributed by atoms with E-state index in [9.17, 15) is 18.4 Å². The third-order valence-corrected chi connectivity index (χ3v) is 7.11. The highest BCUT2D eigenvalue weighted by Gasteiger charge is 2.28. The molecule has 0 spiro atoms. The minimum Gasteiger partial charge on any atom is -0.425 e. The minimum atomic E-state index is -2.28. The summed E-state index contributed by atoms with van der Waals surface area (Å²) < 4.78 is 39.7. The van der Waals surface area contributed by atoms with Gasteiger partial charge < -0.3 is 19.8 Å². The number of carbonyl (C=O) groups is 2. The Morgan fingerprint density at radius 2 is 1.71 bits per heavy atom. The van der Waals surface area contributed by atoms with Crippen molar-refractivity contribution in [3.8, 4) is 0 Å². The van der Waals surface area contributed by atoms with Gasteiger partial charge in [0.05, 0.1) is 14.7 Å². The predicted octanol–water partition coefficient (Wildman–Crippen LogP) is 3.39. The molecule has 0 saturated heterocycles. The third kappa shape index (κ3) is 6.80. The Hall–Kier alpha value is -3.44. The van der Waals surface area contributed by atoms with Gasteiger partial charge >= 0.3 is 0 Å². The smallest absolute Gasteiger partial charge is 0.251 e. The van der Waals surface area contributed by atoms with Crippen LogP contribution in [-0.4, -0.2) is 37.2 Å². The number of amides is 2. The fraction of sp³-hybridized carbons (Fsp3) is 0.333. The number of ether oxygens (including phenoxy) is 1. The van der Waals surface area contributed by atoms with E-state index >= 15 is 0 Å². The summed E-state index contributed by atoms with van der Waals surface area (Å²) in [6.45, 7) is 7.46. The number of aryl methyl sites for hydroxylation is 1. The number of nitrogens with zero attached hydrogens (tertiary/aromatic N) is 2. The second kappa shape index (κ2) is 10.9. The van der Waals surface area contributed by atoms with Crippen LogP contribution in [-0.2, 0) is 27.4 Å². The summed E-state index contributed by atoms with van der Waals surface area (Å²) in [4.78, 5) is 25.8. The van der Waals surface area contributed by atoms with Crippen LogP contribution in [0.1, 0.15) is 29.0 Å². The van der Waals surface area contributed by atoms with Crippen LogP contribution in [0.25, 0.3) is 0 Å². The number of hydrogen-bond acceptors (Lipinski definition) is 6. The summed E-state index contributed by atoms with van der Waals surface area (Å²) in [5.74, 6) is -2.23. The zero-order valence-corrected chi connectivity index (χ0v) is 21.2. The van der Waals surface area contributed by atoms with E-state index in [1.54, 1.807) is 38.3 Å². The highest BCUT2D eigenvalue weighted by atomic mass is 28.3. The molecule has 1 aromatic heterocycles. The van der Waals surface area contributed by atoms with E-state index in [-0.39, 0.29) is 23.2 Å². The van der Waals surface area contributed by atoms with E-state index in [1.807, 2.05) is 19.6 Å². The lowest BCUT2D eigenvalue weighted by molar-refractivity contribution is -0.126. The molecule has 2 amide bonds. The number of hydrogen-bond donors (Lipinski definition) is 2. The van der Waals surface area contributed by atoms with Crippen molar-refractivity contribution in [3.05, 3.63) is 70.9 Å². The van der Waals surface area contributed by atoms with Crippen LogP contribution < -0.4 is 15.8 Å². The standard InChI is InChI=1S/C24H28F2N4O4Si/c1-14-29-30-21(34-14)12-20(31)28-22(16-8-6-15(7-9-16)13-33-2)24(32)27-17-10-18(25)23(19(26)11-17)35(3,4)5/h6-11,22H,12-13H2,1-5H3,(H,27,32)(H,28,31)/t22-/m1/s1. The first-order chi connectivity index (χ1) is 16.5. The Morgan fingerprint density at radius 1 is 1.09 bits per heavy atom. The zero-order valence-electron chi connectivity index (χ0n) is 20.2. The van der Waals surface area contributed by atoms with Crippen molar-refractivity contribution in [2.75, 3.05) is 12.4 Å². The van der Waals surface area contributed by atoms with Gasteiger partial charge in [-0.25, -0.2) is 8.78 Å². The van der Waals surface area contributed by atoms with Gasteiger partial charge in [0.1, 0.15) is 24.1 Å². The summed E-state index contributed by atoms with van der Waals surface area (Å²) in [6, 6.07) is 7.90. The average Bonchev–Trinajstić information content (AvgIpc) is 3.15. The fourth-order valence-electron chi connectivity index (χ4n) is 3.61. The van der Waals surface area contributed by atoms with Gasteiger partial charge in [0.2, 0.25) is 17.7 Å². The molecular weight excluding hydrogens is 474 g/mol. The molecule has 186 valence electrons. The third-order valence-electron chi connectivity index (χ3n) is 5.13. The van der Waals surface area contributed by atoms with E-state index in [1.165, 1.54) is 0 Å². The first-order valence-corrected chi connectivity index (χ1v) is 14.4. The number of aromatic nitrogens is 2. The lowest BCUT2D eigenvalue weighted by Gasteiger charge is -2.21. The van der Waals surface area contributed by atoms with Crippen LogP contribution in [0.5, 0.6) is 0 Å². The topological polar surface area (TPSA) is 106 Å². The van der Waals surface area contributed by atoms with Crippen molar-refractivity contribution in [2.45, 2.75) is 45.6 Å². The van der Waals surface area contributed by atoms with E-state index in [0.29, 0.717) is 18.1 Å². The molecule has 1 atom stereocenters. The summed E-state index contributed by atoms with van der Waals surface area (Å²) in [5, 5.41) is 12.7. The normalized spacial score (nSPS) is 12.3. The van der Waals surface area contributed by atoms with Gasteiger partial charge in [-0.15, -0.1) is 10.2 Å². The Balaban J connectivity index is 1.86. The van der Waals surface area contributed by atoms with Crippen molar-refractivity contribution in [2.24, 2.45) is 0 Å². The number of methoxy groups -OCH3 is 1. The van der Waals surface area contributed by atoms with Gasteiger partial charge in [-0.05, 0) is 23.3 Å². The second-order valence-corrected chi connectivity index (χ2v) is 14.1. The molecule has 3 aromatic rings. The maximum Gasteiger partial charge on any atom is 0.251 e. The minimum absolute atomic E-state index is 0.0465. The van der Waals surface area contributed by atoms with Crippen LogP contribution in [0.4, 0.5) is 14.5 Å². The van der Waals surface area contributed by atoms with Gasteiger partial charge in [-0.3, -0.25) is 9.59 Å². The number of rotatable bonds is 9. The largest absolute Gasteiger partial charge is 0.425 e. The Kier molecular flexibility index (Phi) is 8.13. The van der Waals surface area contributed by atoms with E-state index < -0.39 is 37.6 Å². The van der Waals surface area contributed by atoms with Crippen molar-refractivity contribution < 1.29 is 27.5 Å². The van der Waals surface area contributed by atoms with Crippen molar-refractivity contribution in [3.63, 3.8) is 0 Å². The predicted molar refractivity (Wildman–Crippen MR) is 129 cm³/mol. The molecule has 2 aromatic carbocycles. The molecule has 0 radical (unpaired) electrons. The molecule has 11 heteroatoms. The molecule has 0 aliphatic carbocycles. The Morgan fingerprint density at radius 3 is 2.23 bits per heavy atom. The molecule has 0 aliphatic rings. The zero-order chi connectivity index (χ0) is 25.8. The maximum atomic E-state index is 14.7. The molecule has 35 heavy (non-hydrogen) atoms. The van der Waals surface area contributed by atoms with Gasteiger partial charge in [0.15, 0.2) is 0 Å². The van der Waals surface area contributed by atoms with E-state index in [4.69, 9.17) is 9.15 Å². The maximum absolute atomic E-state index is 14.7. The number of anilines is 1. The molecule has 0 bridgehead atoms. The van der Waals surface area contributed by atoms with Crippen LogP contribution >= 0.6 is 0 Å². The van der Waals surface area contributed by atoms with E-state index in [2.05, 4.69) is 20.8 Å². The SMILES string of the molecule is COCc1ccc([C@@H](NC(=O)Cc2nnc(C)o2)C(=O)Nc2cc(F)c([Si](C)(C)C)c(F)c2)cc1. The van der Waals surface area contributed by atoms with Crippen molar-refractivity contribution >= 4 is 30.8 Å². The molecule has 0 fully saturated rings. The van der Waals surface area contributed by atoms with Crippen molar-refractivity contribution in [1.29, 1.82) is 0 Å². The van der Waals surface area contributed by atoms with Crippen LogP contribution in [0.2, 0.25) is 19.6 Å². The van der Waals surface area contributed by atoms with Crippen LogP contribution in [0, 0.1) is 18.6 Å². The highest BCUT2D eigenvalue weighted by molar-refractivity contribution is 6.88. The molecule has 8 nitrogen and oxygen atoms in total. The fourth-order valence-corrected chi connectivity index (χ4v) is 5.19. The van der Waals surface area contributed by atoms with Gasteiger partial charge in [-0.2, -0.15) is 0 Å². The second-order valence-electron chi connectivity index (χ2n) is 9.12. The Labute approximate surface area is 203 Å². The number of carbonyl (C=O) groups excluding carboxylic acids is 2. The molecule has 0 unspecified atom stereocenters. The highest BCUT2D eigenvalue weighted by Crippen LogP contribution is 2.20. The average molecular weight is 503 g/mol. The monoisotopic (exact) mass is 502 g/mol. The van der Waals surface area contributed by atoms with Gasteiger partial charge in [0, 0.05) is 24.9 Å².